The van der Waals surface area contributed by atoms with Crippen molar-refractivity contribution in [3.63, 3.8) is 0 Å². The fraction of sp³-hybridized carbons (Fsp3) is 0.308. The van der Waals surface area contributed by atoms with E-state index in [4.69, 9.17) is 0 Å². The molecule has 3 aromatic rings. The van der Waals surface area contributed by atoms with Gasteiger partial charge in [-0.25, -0.2) is 4.39 Å². The summed E-state index contributed by atoms with van der Waals surface area (Å²) in [6, 6.07) is 12.4. The lowest BCUT2D eigenvalue weighted by Gasteiger charge is -2.34. The fourth-order valence-corrected chi connectivity index (χ4v) is 4.16. The highest BCUT2D eigenvalue weighted by Crippen LogP contribution is 2.38. The Morgan fingerprint density at radius 3 is 2.47 bits per heavy atom. The number of anilines is 1. The predicted octanol–water partition coefficient (Wildman–Crippen LogP) is 5.92. The molecule has 0 bridgehead atoms. The van der Waals surface area contributed by atoms with Crippen molar-refractivity contribution in [2.45, 2.75) is 44.6 Å². The molecule has 34 heavy (non-hydrogen) atoms. The number of aromatic nitrogens is 1. The van der Waals surface area contributed by atoms with Gasteiger partial charge in [0, 0.05) is 43.3 Å². The van der Waals surface area contributed by atoms with Crippen molar-refractivity contribution in [2.75, 3.05) is 11.9 Å². The molecule has 1 aliphatic rings. The highest BCUT2D eigenvalue weighted by atomic mass is 19.4. The SMILES string of the molecule is Cc1ccccc1N(C)C(=O)C(c1cccnc1)N(Cc1cc(C(F)(F)F)ccc1F)C1CC1. The lowest BCUT2D eigenvalue weighted by molar-refractivity contribution is -0.137. The van der Waals surface area contributed by atoms with E-state index in [1.807, 2.05) is 31.2 Å². The highest BCUT2D eigenvalue weighted by molar-refractivity contribution is 5.98. The third-order valence-electron chi connectivity index (χ3n) is 6.11. The number of para-hydroxylation sites is 1. The first-order valence-corrected chi connectivity index (χ1v) is 11.0. The molecule has 4 rings (SSSR count). The van der Waals surface area contributed by atoms with E-state index < -0.39 is 23.6 Å². The van der Waals surface area contributed by atoms with Gasteiger partial charge in [-0.1, -0.05) is 24.3 Å². The Morgan fingerprint density at radius 2 is 1.85 bits per heavy atom. The zero-order valence-corrected chi connectivity index (χ0v) is 18.9. The van der Waals surface area contributed by atoms with Crippen molar-refractivity contribution in [1.82, 2.24) is 9.88 Å². The second kappa shape index (κ2) is 9.54. The van der Waals surface area contributed by atoms with Gasteiger partial charge in [-0.2, -0.15) is 13.2 Å². The van der Waals surface area contributed by atoms with Crippen LogP contribution in [0.3, 0.4) is 0 Å². The molecule has 8 heteroatoms. The molecule has 1 aromatic heterocycles. The summed E-state index contributed by atoms with van der Waals surface area (Å²) in [7, 11) is 1.67. The standard InChI is InChI=1S/C26H25F4N3O/c1-17-6-3-4-8-23(17)32(2)25(34)24(18-7-5-13-31-15-18)33(21-10-11-21)16-19-14-20(26(28,29)30)9-12-22(19)27/h3-9,12-15,21,24H,10-11,16H2,1-2H3. The van der Waals surface area contributed by atoms with Crippen LogP contribution in [0.15, 0.2) is 67.0 Å². The normalized spacial score (nSPS) is 14.8. The Labute approximate surface area is 195 Å². The summed E-state index contributed by atoms with van der Waals surface area (Å²) in [6.45, 7) is 1.77. The molecule has 1 aliphatic carbocycles. The zero-order valence-electron chi connectivity index (χ0n) is 18.9. The molecule has 2 aromatic carbocycles. The highest BCUT2D eigenvalue weighted by Gasteiger charge is 2.40. The van der Waals surface area contributed by atoms with E-state index in [1.165, 1.54) is 0 Å². The molecular weight excluding hydrogens is 446 g/mol. The van der Waals surface area contributed by atoms with Gasteiger partial charge in [-0.05, 0) is 61.2 Å². The first kappa shape index (κ1) is 23.9. The van der Waals surface area contributed by atoms with Gasteiger partial charge in [0.2, 0.25) is 5.91 Å². The molecule has 1 unspecified atom stereocenters. The van der Waals surface area contributed by atoms with E-state index in [0.717, 1.165) is 42.3 Å². The molecular formula is C26H25F4N3O. The number of aryl methyl sites for hydroxylation is 1. The van der Waals surface area contributed by atoms with Crippen LogP contribution in [-0.2, 0) is 17.5 Å². The van der Waals surface area contributed by atoms with Gasteiger partial charge in [0.15, 0.2) is 0 Å². The number of carbonyl (C=O) groups excluding carboxylic acids is 1. The lowest BCUT2D eigenvalue weighted by atomic mass is 10.0. The largest absolute Gasteiger partial charge is 0.416 e. The van der Waals surface area contributed by atoms with Gasteiger partial charge in [-0.3, -0.25) is 14.7 Å². The molecule has 1 saturated carbocycles. The second-order valence-electron chi connectivity index (χ2n) is 8.58. The maximum absolute atomic E-state index is 14.6. The molecule has 1 atom stereocenters. The number of likely N-dealkylation sites (N-methyl/N-ethyl adjacent to an activating group) is 1. The van der Waals surface area contributed by atoms with Crippen LogP contribution in [0.5, 0.6) is 0 Å². The van der Waals surface area contributed by atoms with Gasteiger partial charge in [0.05, 0.1) is 5.56 Å². The second-order valence-corrected chi connectivity index (χ2v) is 8.58. The number of rotatable bonds is 7. The van der Waals surface area contributed by atoms with Gasteiger partial charge in [0.1, 0.15) is 11.9 Å². The Morgan fingerprint density at radius 1 is 1.12 bits per heavy atom. The van der Waals surface area contributed by atoms with Crippen molar-refractivity contribution < 1.29 is 22.4 Å². The smallest absolute Gasteiger partial charge is 0.314 e. The molecule has 0 radical (unpaired) electrons. The summed E-state index contributed by atoms with van der Waals surface area (Å²) in [6.07, 6.45) is 0.129. The van der Waals surface area contributed by atoms with Crippen LogP contribution in [0, 0.1) is 12.7 Å². The molecule has 0 aliphatic heterocycles. The first-order valence-electron chi connectivity index (χ1n) is 11.0. The molecule has 0 N–H and O–H groups in total. The summed E-state index contributed by atoms with van der Waals surface area (Å²) in [4.78, 5) is 21.3. The average Bonchev–Trinajstić information content (AvgIpc) is 3.65. The Hall–Kier alpha value is -3.26. The monoisotopic (exact) mass is 471 g/mol. The summed E-state index contributed by atoms with van der Waals surface area (Å²) in [5.41, 5.74) is 1.22. The van der Waals surface area contributed by atoms with Crippen LogP contribution < -0.4 is 4.90 Å². The minimum Gasteiger partial charge on any atom is -0.314 e. The van der Waals surface area contributed by atoms with Crippen molar-refractivity contribution >= 4 is 11.6 Å². The number of carbonyl (C=O) groups is 1. The number of amides is 1. The van der Waals surface area contributed by atoms with Crippen molar-refractivity contribution in [2.24, 2.45) is 0 Å². The molecule has 1 fully saturated rings. The van der Waals surface area contributed by atoms with E-state index in [0.29, 0.717) is 5.56 Å². The van der Waals surface area contributed by atoms with Crippen molar-refractivity contribution in [3.8, 4) is 0 Å². The topological polar surface area (TPSA) is 36.4 Å². The molecule has 1 amide bonds. The van der Waals surface area contributed by atoms with Crippen LogP contribution >= 0.6 is 0 Å². The van der Waals surface area contributed by atoms with Gasteiger partial charge < -0.3 is 4.90 Å². The fourth-order valence-electron chi connectivity index (χ4n) is 4.16. The van der Waals surface area contributed by atoms with E-state index in [2.05, 4.69) is 4.98 Å². The van der Waals surface area contributed by atoms with Gasteiger partial charge >= 0.3 is 6.18 Å². The number of benzene rings is 2. The molecule has 4 nitrogen and oxygen atoms in total. The zero-order chi connectivity index (χ0) is 24.5. The van der Waals surface area contributed by atoms with Crippen LogP contribution in [0.25, 0.3) is 0 Å². The third kappa shape index (κ3) is 5.12. The molecule has 0 saturated heterocycles. The van der Waals surface area contributed by atoms with E-state index >= 15 is 0 Å². The number of alkyl halides is 3. The van der Waals surface area contributed by atoms with E-state index in [-0.39, 0.29) is 24.1 Å². The maximum atomic E-state index is 14.6. The average molecular weight is 471 g/mol. The van der Waals surface area contributed by atoms with Gasteiger partial charge in [-0.15, -0.1) is 0 Å². The van der Waals surface area contributed by atoms with Crippen molar-refractivity contribution in [3.05, 3.63) is 95.1 Å². The van der Waals surface area contributed by atoms with Crippen LogP contribution in [0.2, 0.25) is 0 Å². The van der Waals surface area contributed by atoms with Crippen LogP contribution in [-0.4, -0.2) is 28.9 Å². The minimum absolute atomic E-state index is 0.0478. The quantitative estimate of drug-likeness (QED) is 0.402. The Bertz CT molecular complexity index is 1160. The predicted molar refractivity (Wildman–Crippen MR) is 122 cm³/mol. The van der Waals surface area contributed by atoms with Gasteiger partial charge in [0.25, 0.3) is 0 Å². The summed E-state index contributed by atoms with van der Waals surface area (Å²) in [5.74, 6) is -0.995. The summed E-state index contributed by atoms with van der Waals surface area (Å²) >= 11 is 0. The number of hydrogen-bond acceptors (Lipinski definition) is 3. The maximum Gasteiger partial charge on any atom is 0.416 e. The number of hydrogen-bond donors (Lipinski definition) is 0. The molecule has 178 valence electrons. The van der Waals surface area contributed by atoms with Crippen molar-refractivity contribution in [1.29, 1.82) is 0 Å². The van der Waals surface area contributed by atoms with Crippen LogP contribution in [0.4, 0.5) is 23.2 Å². The van der Waals surface area contributed by atoms with Crippen LogP contribution in [0.1, 0.15) is 41.1 Å². The molecule has 1 heterocycles. The lowest BCUT2D eigenvalue weighted by Crippen LogP contribution is -2.43. The number of pyridine rings is 1. The van der Waals surface area contributed by atoms with E-state index in [1.54, 1.807) is 41.4 Å². The first-order chi connectivity index (χ1) is 16.2. The Balaban J connectivity index is 1.74. The van der Waals surface area contributed by atoms with E-state index in [9.17, 15) is 22.4 Å². The number of halogens is 4. The molecule has 0 spiro atoms. The summed E-state index contributed by atoms with van der Waals surface area (Å²) < 4.78 is 54.5. The summed E-state index contributed by atoms with van der Waals surface area (Å²) in [5, 5.41) is 0. The third-order valence-corrected chi connectivity index (χ3v) is 6.11. The minimum atomic E-state index is -4.59. The number of nitrogens with zero attached hydrogens (tertiary/aromatic N) is 3. The Kier molecular flexibility index (Phi) is 6.70.